The lowest BCUT2D eigenvalue weighted by atomic mass is 10.1. The quantitative estimate of drug-likeness (QED) is 0.297. The standard InChI is InChI=1S/C25H26S3/c1-3-4-5-6-7-17-9-11-19-23(15-17)28-25-21-13-12-20(27-24(19)25)18-10-8-16(2)14-22(18)26-21/h8-15,20-21H,3-7H2,1-2H3. The second-order valence-corrected chi connectivity index (χ2v) is 11.4. The summed E-state index contributed by atoms with van der Waals surface area (Å²) in [7, 11) is 0. The van der Waals surface area contributed by atoms with Crippen LogP contribution in [-0.2, 0) is 6.42 Å². The summed E-state index contributed by atoms with van der Waals surface area (Å²) in [5.41, 5.74) is 4.35. The fourth-order valence-corrected chi connectivity index (χ4v) is 8.64. The van der Waals surface area contributed by atoms with Crippen LogP contribution < -0.4 is 0 Å². The molecule has 0 aliphatic carbocycles. The van der Waals surface area contributed by atoms with E-state index in [1.165, 1.54) is 68.7 Å². The van der Waals surface area contributed by atoms with Gasteiger partial charge in [-0.25, -0.2) is 0 Å². The summed E-state index contributed by atoms with van der Waals surface area (Å²) in [4.78, 5) is 4.54. The second-order valence-electron chi connectivity index (χ2n) is 7.94. The zero-order chi connectivity index (χ0) is 19.1. The molecule has 0 nitrogen and oxygen atoms in total. The molecule has 5 rings (SSSR count). The number of rotatable bonds is 5. The maximum Gasteiger partial charge on any atom is 0.0630 e. The first-order chi connectivity index (χ1) is 13.7. The van der Waals surface area contributed by atoms with Crippen molar-refractivity contribution in [3.63, 3.8) is 0 Å². The first-order valence-corrected chi connectivity index (χ1v) is 13.0. The molecule has 0 radical (unpaired) electrons. The summed E-state index contributed by atoms with van der Waals surface area (Å²) in [6.07, 6.45) is 11.4. The minimum absolute atomic E-state index is 0.431. The highest BCUT2D eigenvalue weighted by molar-refractivity contribution is 8.01. The maximum absolute atomic E-state index is 2.47. The summed E-state index contributed by atoms with van der Waals surface area (Å²) in [5, 5.41) is 2.35. The highest BCUT2D eigenvalue weighted by atomic mass is 32.2. The van der Waals surface area contributed by atoms with Crippen LogP contribution in [0.15, 0.2) is 58.3 Å². The molecule has 28 heavy (non-hydrogen) atoms. The molecule has 0 saturated carbocycles. The third-order valence-electron chi connectivity index (χ3n) is 5.75. The molecule has 3 heterocycles. The molecule has 0 saturated heterocycles. The van der Waals surface area contributed by atoms with Crippen LogP contribution in [0.5, 0.6) is 0 Å². The molecular formula is C25H26S3. The van der Waals surface area contributed by atoms with E-state index in [1.807, 2.05) is 23.1 Å². The van der Waals surface area contributed by atoms with Crippen molar-refractivity contribution in [3.8, 4) is 0 Å². The number of aryl methyl sites for hydroxylation is 2. The average molecular weight is 423 g/mol. The molecule has 144 valence electrons. The molecule has 0 spiro atoms. The van der Waals surface area contributed by atoms with Crippen molar-refractivity contribution in [2.24, 2.45) is 0 Å². The van der Waals surface area contributed by atoms with Crippen molar-refractivity contribution in [2.45, 2.75) is 66.2 Å². The maximum atomic E-state index is 2.47. The van der Waals surface area contributed by atoms with Crippen LogP contribution in [0.1, 0.15) is 64.7 Å². The Morgan fingerprint density at radius 3 is 2.68 bits per heavy atom. The largest absolute Gasteiger partial charge is 0.138 e. The molecule has 3 aromatic rings. The highest BCUT2D eigenvalue weighted by Gasteiger charge is 2.31. The summed E-state index contributed by atoms with van der Waals surface area (Å²) >= 11 is 6.12. The number of unbranched alkanes of at least 4 members (excludes halogenated alkanes) is 3. The normalized spacial score (nSPS) is 20.1. The van der Waals surface area contributed by atoms with Gasteiger partial charge in [-0.15, -0.1) is 34.9 Å². The van der Waals surface area contributed by atoms with Gasteiger partial charge < -0.3 is 0 Å². The van der Waals surface area contributed by atoms with Crippen LogP contribution in [0.25, 0.3) is 10.1 Å². The van der Waals surface area contributed by atoms with Crippen molar-refractivity contribution in [3.05, 3.63) is 70.1 Å². The predicted octanol–water partition coefficient (Wildman–Crippen LogP) is 8.88. The van der Waals surface area contributed by atoms with E-state index in [0.717, 1.165) is 0 Å². The minimum atomic E-state index is 0.431. The van der Waals surface area contributed by atoms with E-state index in [1.54, 1.807) is 4.88 Å². The van der Waals surface area contributed by atoms with Gasteiger partial charge in [0.25, 0.3) is 0 Å². The van der Waals surface area contributed by atoms with E-state index >= 15 is 0 Å². The van der Waals surface area contributed by atoms with Crippen LogP contribution >= 0.6 is 34.9 Å². The van der Waals surface area contributed by atoms with Crippen LogP contribution in [-0.4, -0.2) is 0 Å². The van der Waals surface area contributed by atoms with E-state index < -0.39 is 0 Å². The zero-order valence-corrected chi connectivity index (χ0v) is 19.0. The highest BCUT2D eigenvalue weighted by Crippen LogP contribution is 2.58. The summed E-state index contributed by atoms with van der Waals surface area (Å²) in [6.45, 7) is 4.49. The van der Waals surface area contributed by atoms with Gasteiger partial charge in [-0.3, -0.25) is 0 Å². The summed E-state index contributed by atoms with van der Waals surface area (Å²) in [5.74, 6) is 0. The van der Waals surface area contributed by atoms with Gasteiger partial charge >= 0.3 is 0 Å². The van der Waals surface area contributed by atoms with E-state index in [2.05, 4.69) is 74.2 Å². The van der Waals surface area contributed by atoms with E-state index in [4.69, 9.17) is 0 Å². The van der Waals surface area contributed by atoms with Gasteiger partial charge in [-0.2, -0.15) is 0 Å². The molecule has 3 heteroatoms. The van der Waals surface area contributed by atoms with E-state index in [0.29, 0.717) is 10.5 Å². The number of benzene rings is 2. The molecule has 2 unspecified atom stereocenters. The molecular weight excluding hydrogens is 396 g/mol. The minimum Gasteiger partial charge on any atom is -0.138 e. The Morgan fingerprint density at radius 2 is 1.79 bits per heavy atom. The molecule has 0 amide bonds. The number of hydrogen-bond donors (Lipinski definition) is 0. The lowest BCUT2D eigenvalue weighted by molar-refractivity contribution is 0.667. The fraction of sp³-hybridized carbons (Fsp3) is 0.360. The molecule has 2 aliphatic heterocycles. The topological polar surface area (TPSA) is 0 Å². The van der Waals surface area contributed by atoms with E-state index in [-0.39, 0.29) is 0 Å². The zero-order valence-electron chi connectivity index (χ0n) is 16.5. The van der Waals surface area contributed by atoms with Crippen LogP contribution in [0, 0.1) is 6.92 Å². The lowest BCUT2D eigenvalue weighted by Gasteiger charge is -2.20. The number of hydrogen-bond acceptors (Lipinski definition) is 3. The smallest absolute Gasteiger partial charge is 0.0630 e. The van der Waals surface area contributed by atoms with Crippen molar-refractivity contribution in [2.75, 3.05) is 0 Å². The first kappa shape index (κ1) is 18.8. The Morgan fingerprint density at radius 1 is 0.893 bits per heavy atom. The third-order valence-corrected chi connectivity index (χ3v) is 9.86. The third kappa shape index (κ3) is 3.46. The van der Waals surface area contributed by atoms with Crippen molar-refractivity contribution >= 4 is 44.9 Å². The Hall–Kier alpha value is -1.16. The monoisotopic (exact) mass is 422 g/mol. The Balaban J connectivity index is 1.50. The fourth-order valence-electron chi connectivity index (χ4n) is 4.19. The summed E-state index contributed by atoms with van der Waals surface area (Å²) < 4.78 is 1.48. The molecule has 0 N–H and O–H groups in total. The van der Waals surface area contributed by atoms with Gasteiger partial charge in [0.05, 0.1) is 10.5 Å². The first-order valence-electron chi connectivity index (χ1n) is 10.4. The molecule has 2 aliphatic rings. The predicted molar refractivity (Wildman–Crippen MR) is 127 cm³/mol. The van der Waals surface area contributed by atoms with Crippen LogP contribution in [0.4, 0.5) is 0 Å². The number of thiophene rings is 1. The van der Waals surface area contributed by atoms with Gasteiger partial charge in [0.15, 0.2) is 0 Å². The molecule has 2 atom stereocenters. The molecule has 1 aromatic heterocycles. The Bertz CT molecular complexity index is 1040. The van der Waals surface area contributed by atoms with Crippen molar-refractivity contribution in [1.29, 1.82) is 0 Å². The van der Waals surface area contributed by atoms with Gasteiger partial charge in [0.2, 0.25) is 0 Å². The lowest BCUT2D eigenvalue weighted by Crippen LogP contribution is -1.96. The molecule has 0 fully saturated rings. The van der Waals surface area contributed by atoms with Crippen molar-refractivity contribution in [1.82, 2.24) is 0 Å². The average Bonchev–Trinajstić information content (AvgIpc) is 2.82. The van der Waals surface area contributed by atoms with Gasteiger partial charge in [0.1, 0.15) is 0 Å². The SMILES string of the molecule is CCCCCCc1ccc2c3c(sc2c1)C1C=CC(S3)c2ccc(C)cc2S1. The number of fused-ring (bicyclic) bond motifs is 8. The van der Waals surface area contributed by atoms with Crippen LogP contribution in [0.2, 0.25) is 0 Å². The van der Waals surface area contributed by atoms with Gasteiger partial charge in [-0.1, -0.05) is 62.6 Å². The molecule has 2 bridgehead atoms. The van der Waals surface area contributed by atoms with Gasteiger partial charge in [0, 0.05) is 24.8 Å². The van der Waals surface area contributed by atoms with Crippen LogP contribution in [0.3, 0.4) is 0 Å². The summed E-state index contributed by atoms with van der Waals surface area (Å²) in [6, 6.07) is 14.2. The van der Waals surface area contributed by atoms with Crippen molar-refractivity contribution < 1.29 is 0 Å². The Labute approximate surface area is 180 Å². The Kier molecular flexibility index (Phi) is 5.34. The van der Waals surface area contributed by atoms with Gasteiger partial charge in [-0.05, 0) is 48.6 Å². The number of thioether (sulfide) groups is 2. The second kappa shape index (κ2) is 7.93. The van der Waals surface area contributed by atoms with E-state index in [9.17, 15) is 0 Å². The molecule has 2 aromatic carbocycles.